The molecule has 2 rings (SSSR count). The Morgan fingerprint density at radius 3 is 2.63 bits per heavy atom. The average molecular weight is 276 g/mol. The number of pyridine rings is 1. The molecule has 0 radical (unpaired) electrons. The topological polar surface area (TPSA) is 54.0 Å². The zero-order valence-corrected chi connectivity index (χ0v) is 11.2. The molecule has 0 fully saturated rings. The molecule has 5 heteroatoms. The number of carbonyl (C=O) groups excluding carboxylic acids is 1. The van der Waals surface area contributed by atoms with Gasteiger partial charge < -0.3 is 10.6 Å². The third-order valence-electron chi connectivity index (χ3n) is 2.63. The van der Waals surface area contributed by atoms with Crippen LogP contribution in [0, 0.1) is 0 Å². The lowest BCUT2D eigenvalue weighted by Crippen LogP contribution is -2.31. The van der Waals surface area contributed by atoms with Crippen molar-refractivity contribution in [2.75, 3.05) is 5.32 Å². The summed E-state index contributed by atoms with van der Waals surface area (Å²) in [6.07, 6.45) is 3.43. The molecule has 0 aliphatic carbocycles. The first-order chi connectivity index (χ1) is 9.15. The molecule has 1 heterocycles. The van der Waals surface area contributed by atoms with Crippen molar-refractivity contribution in [3.05, 3.63) is 59.4 Å². The second-order valence-corrected chi connectivity index (χ2v) is 4.55. The summed E-state index contributed by atoms with van der Waals surface area (Å²) >= 11 is 5.78. The minimum Gasteiger partial charge on any atom is -0.331 e. The Kier molecular flexibility index (Phi) is 4.36. The van der Waals surface area contributed by atoms with E-state index in [2.05, 4.69) is 15.6 Å². The van der Waals surface area contributed by atoms with Crippen LogP contribution in [-0.4, -0.2) is 11.0 Å². The predicted molar refractivity (Wildman–Crippen MR) is 76.3 cm³/mol. The van der Waals surface area contributed by atoms with Gasteiger partial charge in [-0.15, -0.1) is 0 Å². The highest BCUT2D eigenvalue weighted by molar-refractivity contribution is 6.30. The molecule has 0 bridgehead atoms. The van der Waals surface area contributed by atoms with E-state index in [4.69, 9.17) is 11.6 Å². The first kappa shape index (κ1) is 13.4. The smallest absolute Gasteiger partial charge is 0.319 e. The summed E-state index contributed by atoms with van der Waals surface area (Å²) in [6.45, 7) is 1.90. The van der Waals surface area contributed by atoms with E-state index in [0.717, 1.165) is 5.56 Å². The third kappa shape index (κ3) is 3.96. The maximum absolute atomic E-state index is 11.8. The molecule has 2 N–H and O–H groups in total. The first-order valence-corrected chi connectivity index (χ1v) is 6.26. The van der Waals surface area contributed by atoms with Gasteiger partial charge in [0, 0.05) is 23.1 Å². The van der Waals surface area contributed by atoms with Crippen molar-refractivity contribution in [3.63, 3.8) is 0 Å². The minimum atomic E-state index is -0.265. The predicted octanol–water partition coefficient (Wildman–Crippen LogP) is 3.62. The number of hydrogen-bond donors (Lipinski definition) is 2. The normalized spacial score (nSPS) is 11.7. The summed E-state index contributed by atoms with van der Waals surface area (Å²) in [4.78, 5) is 15.8. The zero-order valence-electron chi connectivity index (χ0n) is 10.4. The molecule has 0 aliphatic heterocycles. The van der Waals surface area contributed by atoms with E-state index in [1.54, 1.807) is 36.7 Å². The molecular formula is C14H14ClN3O. The van der Waals surface area contributed by atoms with Crippen LogP contribution in [-0.2, 0) is 0 Å². The van der Waals surface area contributed by atoms with Crippen LogP contribution in [0.3, 0.4) is 0 Å². The highest BCUT2D eigenvalue weighted by Gasteiger charge is 2.09. The summed E-state index contributed by atoms with van der Waals surface area (Å²) in [5.41, 5.74) is 1.65. The van der Waals surface area contributed by atoms with Gasteiger partial charge in [-0.3, -0.25) is 4.98 Å². The largest absolute Gasteiger partial charge is 0.331 e. The second-order valence-electron chi connectivity index (χ2n) is 4.11. The highest BCUT2D eigenvalue weighted by atomic mass is 35.5. The Morgan fingerprint density at radius 2 is 2.00 bits per heavy atom. The molecule has 0 spiro atoms. The number of nitrogens with one attached hydrogen (secondary N) is 2. The van der Waals surface area contributed by atoms with Gasteiger partial charge >= 0.3 is 6.03 Å². The Hall–Kier alpha value is -2.07. The van der Waals surface area contributed by atoms with Crippen LogP contribution in [0.2, 0.25) is 5.02 Å². The van der Waals surface area contributed by atoms with E-state index in [-0.39, 0.29) is 12.1 Å². The Labute approximate surface area is 116 Å². The van der Waals surface area contributed by atoms with Gasteiger partial charge in [-0.25, -0.2) is 4.79 Å². The van der Waals surface area contributed by atoms with Crippen molar-refractivity contribution in [3.8, 4) is 0 Å². The lowest BCUT2D eigenvalue weighted by Gasteiger charge is -2.14. The van der Waals surface area contributed by atoms with Crippen LogP contribution in [0.25, 0.3) is 0 Å². The van der Waals surface area contributed by atoms with Gasteiger partial charge in [0.1, 0.15) is 0 Å². The van der Waals surface area contributed by atoms with Gasteiger partial charge in [-0.1, -0.05) is 17.7 Å². The number of urea groups is 1. The molecule has 1 aromatic heterocycles. The van der Waals surface area contributed by atoms with E-state index in [1.807, 2.05) is 19.1 Å². The van der Waals surface area contributed by atoms with Crippen molar-refractivity contribution in [1.29, 1.82) is 0 Å². The van der Waals surface area contributed by atoms with Gasteiger partial charge in [0.2, 0.25) is 0 Å². The van der Waals surface area contributed by atoms with Crippen molar-refractivity contribution in [2.24, 2.45) is 0 Å². The molecule has 0 aliphatic rings. The maximum Gasteiger partial charge on any atom is 0.319 e. The van der Waals surface area contributed by atoms with Crippen LogP contribution in [0.1, 0.15) is 18.5 Å². The number of benzene rings is 1. The van der Waals surface area contributed by atoms with Gasteiger partial charge in [0.15, 0.2) is 0 Å². The standard InChI is InChI=1S/C14H14ClN3O/c1-10(11-3-2-8-16-9-11)17-14(19)18-13-6-4-12(15)5-7-13/h2-10H,1H3,(H2,17,18,19). The molecule has 2 aromatic rings. The molecule has 1 unspecified atom stereocenters. The van der Waals surface area contributed by atoms with Crippen molar-refractivity contribution in [1.82, 2.24) is 10.3 Å². The van der Waals surface area contributed by atoms with E-state index in [9.17, 15) is 4.79 Å². The Balaban J connectivity index is 1.93. The van der Waals surface area contributed by atoms with Crippen molar-refractivity contribution >= 4 is 23.3 Å². The molecule has 98 valence electrons. The lowest BCUT2D eigenvalue weighted by molar-refractivity contribution is 0.249. The number of nitrogens with zero attached hydrogens (tertiary/aromatic N) is 1. The Morgan fingerprint density at radius 1 is 1.26 bits per heavy atom. The second kappa shape index (κ2) is 6.20. The molecule has 0 saturated carbocycles. The van der Waals surface area contributed by atoms with Crippen LogP contribution >= 0.6 is 11.6 Å². The van der Waals surface area contributed by atoms with Gasteiger partial charge in [-0.2, -0.15) is 0 Å². The highest BCUT2D eigenvalue weighted by Crippen LogP contribution is 2.14. The molecule has 2 amide bonds. The lowest BCUT2D eigenvalue weighted by atomic mass is 10.1. The van der Waals surface area contributed by atoms with Crippen LogP contribution in [0.15, 0.2) is 48.8 Å². The number of hydrogen-bond acceptors (Lipinski definition) is 2. The SMILES string of the molecule is CC(NC(=O)Nc1ccc(Cl)cc1)c1cccnc1. The van der Waals surface area contributed by atoms with Gasteiger partial charge in [-0.05, 0) is 42.8 Å². The average Bonchev–Trinajstić information content (AvgIpc) is 2.42. The number of amides is 2. The van der Waals surface area contributed by atoms with E-state index in [1.165, 1.54) is 0 Å². The summed E-state index contributed by atoms with van der Waals surface area (Å²) in [6, 6.07) is 10.3. The van der Waals surface area contributed by atoms with Crippen molar-refractivity contribution < 1.29 is 4.79 Å². The van der Waals surface area contributed by atoms with Crippen LogP contribution in [0.4, 0.5) is 10.5 Å². The van der Waals surface area contributed by atoms with E-state index in [0.29, 0.717) is 10.7 Å². The minimum absolute atomic E-state index is 0.110. The summed E-state index contributed by atoms with van der Waals surface area (Å²) in [7, 11) is 0. The fourth-order valence-corrected chi connectivity index (χ4v) is 1.74. The third-order valence-corrected chi connectivity index (χ3v) is 2.89. The number of anilines is 1. The number of aromatic nitrogens is 1. The first-order valence-electron chi connectivity index (χ1n) is 5.88. The summed E-state index contributed by atoms with van der Waals surface area (Å²) < 4.78 is 0. The maximum atomic E-state index is 11.8. The van der Waals surface area contributed by atoms with Crippen LogP contribution in [0.5, 0.6) is 0 Å². The summed E-state index contributed by atoms with van der Waals surface area (Å²) in [5.74, 6) is 0. The number of rotatable bonds is 3. The monoisotopic (exact) mass is 275 g/mol. The molecule has 19 heavy (non-hydrogen) atoms. The zero-order chi connectivity index (χ0) is 13.7. The fraction of sp³-hybridized carbons (Fsp3) is 0.143. The molecule has 4 nitrogen and oxygen atoms in total. The van der Waals surface area contributed by atoms with Crippen LogP contribution < -0.4 is 10.6 Å². The van der Waals surface area contributed by atoms with E-state index >= 15 is 0 Å². The molecule has 1 atom stereocenters. The Bertz CT molecular complexity index is 542. The fourth-order valence-electron chi connectivity index (χ4n) is 1.61. The molecule has 1 aromatic carbocycles. The number of carbonyl (C=O) groups is 1. The van der Waals surface area contributed by atoms with Gasteiger partial charge in [0.25, 0.3) is 0 Å². The van der Waals surface area contributed by atoms with Crippen molar-refractivity contribution in [2.45, 2.75) is 13.0 Å². The molecule has 0 saturated heterocycles. The van der Waals surface area contributed by atoms with Gasteiger partial charge in [0.05, 0.1) is 6.04 Å². The number of halogens is 1. The summed E-state index contributed by atoms with van der Waals surface area (Å²) in [5, 5.41) is 6.21. The molecular weight excluding hydrogens is 262 g/mol. The van der Waals surface area contributed by atoms with E-state index < -0.39 is 0 Å². The quantitative estimate of drug-likeness (QED) is 0.899.